The minimum absolute atomic E-state index is 0.164. The number of hydroxylamine groups is 2. The SMILES string of the molecule is COC(=O)[C@@H]1C[C@]2(C(=O)OC)[C@H](CC(C)=O)[C@H](C(=O)OC)ON2O1. The fraction of sp³-hybridized carbons (Fsp3) is 0.714. The topological polar surface area (TPSA) is 118 Å². The Morgan fingerprint density at radius 1 is 1.04 bits per heavy atom. The monoisotopic (exact) mass is 345 g/mol. The largest absolute Gasteiger partial charge is 0.467 e. The van der Waals surface area contributed by atoms with Crippen LogP contribution >= 0.6 is 0 Å². The van der Waals surface area contributed by atoms with E-state index in [2.05, 4.69) is 9.47 Å². The Kier molecular flexibility index (Phi) is 5.21. The first-order chi connectivity index (χ1) is 11.3. The lowest BCUT2D eigenvalue weighted by Gasteiger charge is -2.29. The van der Waals surface area contributed by atoms with Gasteiger partial charge in [-0.15, -0.1) is 0 Å². The third kappa shape index (κ3) is 2.76. The maximum absolute atomic E-state index is 12.5. The van der Waals surface area contributed by atoms with Gasteiger partial charge in [-0.1, -0.05) is 0 Å². The molecule has 10 heteroatoms. The summed E-state index contributed by atoms with van der Waals surface area (Å²) in [5, 5.41) is 0.773. The molecule has 0 radical (unpaired) electrons. The van der Waals surface area contributed by atoms with Crippen molar-refractivity contribution in [3.63, 3.8) is 0 Å². The van der Waals surface area contributed by atoms with Crippen molar-refractivity contribution in [3.8, 4) is 0 Å². The van der Waals surface area contributed by atoms with E-state index in [-0.39, 0.29) is 18.6 Å². The van der Waals surface area contributed by atoms with E-state index in [9.17, 15) is 19.2 Å². The van der Waals surface area contributed by atoms with Crippen LogP contribution in [0.3, 0.4) is 0 Å². The predicted octanol–water partition coefficient (Wildman–Crippen LogP) is -0.841. The first kappa shape index (κ1) is 18.3. The van der Waals surface area contributed by atoms with Gasteiger partial charge in [-0.25, -0.2) is 14.4 Å². The summed E-state index contributed by atoms with van der Waals surface area (Å²) >= 11 is 0. The zero-order chi connectivity index (χ0) is 18.1. The van der Waals surface area contributed by atoms with E-state index in [0.29, 0.717) is 0 Å². The summed E-state index contributed by atoms with van der Waals surface area (Å²) in [4.78, 5) is 58.6. The molecule has 0 aromatic heterocycles. The summed E-state index contributed by atoms with van der Waals surface area (Å²) in [5.41, 5.74) is -1.63. The number of ether oxygens (including phenoxy) is 3. The Morgan fingerprint density at radius 3 is 2.17 bits per heavy atom. The highest BCUT2D eigenvalue weighted by molar-refractivity contribution is 5.88. The van der Waals surface area contributed by atoms with Crippen molar-refractivity contribution in [3.05, 3.63) is 0 Å². The van der Waals surface area contributed by atoms with Crippen molar-refractivity contribution >= 4 is 23.7 Å². The van der Waals surface area contributed by atoms with Crippen molar-refractivity contribution < 1.29 is 43.1 Å². The molecular formula is C14H19NO9. The molecule has 2 saturated heterocycles. The molecule has 0 bridgehead atoms. The van der Waals surface area contributed by atoms with Gasteiger partial charge in [0.25, 0.3) is 0 Å². The molecule has 2 fully saturated rings. The smallest absolute Gasteiger partial charge is 0.337 e. The Labute approximate surface area is 137 Å². The first-order valence-electron chi connectivity index (χ1n) is 7.19. The number of esters is 3. The van der Waals surface area contributed by atoms with Crippen LogP contribution in [0.4, 0.5) is 0 Å². The molecule has 0 aromatic carbocycles. The maximum atomic E-state index is 12.5. The van der Waals surface area contributed by atoms with Gasteiger partial charge < -0.3 is 19.0 Å². The molecule has 134 valence electrons. The van der Waals surface area contributed by atoms with Crippen LogP contribution in [0.25, 0.3) is 0 Å². The predicted molar refractivity (Wildman–Crippen MR) is 73.8 cm³/mol. The number of hydrogen-bond acceptors (Lipinski definition) is 10. The Hall–Kier alpha value is -2.04. The molecule has 2 aliphatic rings. The van der Waals surface area contributed by atoms with E-state index in [4.69, 9.17) is 14.4 Å². The van der Waals surface area contributed by atoms with Gasteiger partial charge >= 0.3 is 17.9 Å². The average molecular weight is 345 g/mol. The third-order valence-corrected chi connectivity index (χ3v) is 4.18. The molecule has 0 aliphatic carbocycles. The number of methoxy groups -OCH3 is 3. The number of hydrogen-bond donors (Lipinski definition) is 0. The molecule has 0 spiro atoms. The first-order valence-corrected chi connectivity index (χ1v) is 7.19. The molecule has 0 N–H and O–H groups in total. The van der Waals surface area contributed by atoms with Crippen LogP contribution < -0.4 is 0 Å². The molecule has 0 amide bonds. The van der Waals surface area contributed by atoms with Gasteiger partial charge in [0.2, 0.25) is 0 Å². The quantitative estimate of drug-likeness (QED) is 0.461. The fourth-order valence-corrected chi connectivity index (χ4v) is 3.09. The Bertz CT molecular complexity index is 562. The van der Waals surface area contributed by atoms with Crippen molar-refractivity contribution in [2.75, 3.05) is 21.3 Å². The Balaban J connectivity index is 2.45. The third-order valence-electron chi connectivity index (χ3n) is 4.18. The van der Waals surface area contributed by atoms with E-state index in [0.717, 1.165) is 19.4 Å². The number of carbonyl (C=O) groups excluding carboxylic acids is 4. The van der Waals surface area contributed by atoms with Crippen LogP contribution in [0.5, 0.6) is 0 Å². The van der Waals surface area contributed by atoms with Gasteiger partial charge in [-0.3, -0.25) is 9.68 Å². The van der Waals surface area contributed by atoms with Crippen molar-refractivity contribution in [1.82, 2.24) is 5.23 Å². The minimum Gasteiger partial charge on any atom is -0.467 e. The molecule has 2 rings (SSSR count). The second kappa shape index (κ2) is 6.83. The summed E-state index contributed by atoms with van der Waals surface area (Å²) < 4.78 is 14.1. The molecule has 2 heterocycles. The van der Waals surface area contributed by atoms with Crippen molar-refractivity contribution in [2.45, 2.75) is 37.5 Å². The number of rotatable bonds is 5. The summed E-state index contributed by atoms with van der Waals surface area (Å²) in [6.07, 6.45) is -2.71. The molecule has 0 aromatic rings. The van der Waals surface area contributed by atoms with E-state index in [1.165, 1.54) is 14.0 Å². The molecule has 24 heavy (non-hydrogen) atoms. The van der Waals surface area contributed by atoms with Crippen molar-refractivity contribution in [1.29, 1.82) is 0 Å². The fourth-order valence-electron chi connectivity index (χ4n) is 3.09. The maximum Gasteiger partial charge on any atom is 0.337 e. The van der Waals surface area contributed by atoms with Crippen LogP contribution in [-0.2, 0) is 43.1 Å². The van der Waals surface area contributed by atoms with Crippen LogP contribution in [0.2, 0.25) is 0 Å². The lowest BCUT2D eigenvalue weighted by Crippen LogP contribution is -2.52. The van der Waals surface area contributed by atoms with Gasteiger partial charge in [0, 0.05) is 18.8 Å². The molecule has 0 unspecified atom stereocenters. The van der Waals surface area contributed by atoms with Crippen LogP contribution in [0.15, 0.2) is 0 Å². The molecule has 4 atom stereocenters. The lowest BCUT2D eigenvalue weighted by molar-refractivity contribution is -0.362. The normalized spacial score (nSPS) is 32.1. The number of fused-ring (bicyclic) bond motifs is 1. The van der Waals surface area contributed by atoms with Crippen molar-refractivity contribution in [2.24, 2.45) is 5.92 Å². The lowest BCUT2D eigenvalue weighted by atomic mass is 9.75. The average Bonchev–Trinajstić information content (AvgIpc) is 3.07. The molecule has 10 nitrogen and oxygen atoms in total. The minimum atomic E-state index is -1.63. The standard InChI is InChI=1S/C14H19NO9/c1-7(16)5-8-10(12(18)21-3)24-15-14(8,13(19)22-4)6-9(23-15)11(17)20-2/h8-10H,5-6H2,1-4H3/t8-,9+,10-,14-/m1/s1. The Morgan fingerprint density at radius 2 is 1.67 bits per heavy atom. The highest BCUT2D eigenvalue weighted by Crippen LogP contribution is 2.49. The van der Waals surface area contributed by atoms with Gasteiger partial charge in [0.1, 0.15) is 5.78 Å². The molecule has 0 saturated carbocycles. The van der Waals surface area contributed by atoms with E-state index in [1.807, 2.05) is 0 Å². The summed E-state index contributed by atoms with van der Waals surface area (Å²) in [5.74, 6) is -3.48. The van der Waals surface area contributed by atoms with E-state index < -0.39 is 41.6 Å². The molecular weight excluding hydrogens is 326 g/mol. The van der Waals surface area contributed by atoms with Gasteiger partial charge in [-0.2, -0.15) is 0 Å². The number of ketones is 1. The van der Waals surface area contributed by atoms with Crippen LogP contribution in [-0.4, -0.2) is 68.0 Å². The zero-order valence-corrected chi connectivity index (χ0v) is 13.8. The number of carbonyl (C=O) groups is 4. The number of nitrogens with zero attached hydrogens (tertiary/aromatic N) is 1. The summed E-state index contributed by atoms with van der Waals surface area (Å²) in [7, 11) is 3.48. The highest BCUT2D eigenvalue weighted by Gasteiger charge is 2.69. The van der Waals surface area contributed by atoms with E-state index in [1.54, 1.807) is 0 Å². The second-order valence-electron chi connectivity index (χ2n) is 5.56. The summed E-state index contributed by atoms with van der Waals surface area (Å²) in [6.45, 7) is 1.32. The zero-order valence-electron chi connectivity index (χ0n) is 13.8. The van der Waals surface area contributed by atoms with Gasteiger partial charge in [0.05, 0.1) is 21.3 Å². The van der Waals surface area contributed by atoms with Crippen LogP contribution in [0.1, 0.15) is 19.8 Å². The number of Topliss-reactive ketones (excluding diaryl/α,β-unsaturated/α-hetero) is 1. The van der Waals surface area contributed by atoms with Gasteiger partial charge in [0.15, 0.2) is 17.7 Å². The molecule has 2 aliphatic heterocycles. The van der Waals surface area contributed by atoms with Gasteiger partial charge in [-0.05, 0) is 12.2 Å². The highest BCUT2D eigenvalue weighted by atomic mass is 17.0. The van der Waals surface area contributed by atoms with Crippen LogP contribution in [0, 0.1) is 5.92 Å². The van der Waals surface area contributed by atoms with E-state index >= 15 is 0 Å². The second-order valence-corrected chi connectivity index (χ2v) is 5.56. The summed E-state index contributed by atoms with van der Waals surface area (Å²) in [6, 6.07) is 0.